The Morgan fingerprint density at radius 1 is 1.44 bits per heavy atom. The zero-order valence-corrected chi connectivity index (χ0v) is 9.70. The third-order valence-electron chi connectivity index (χ3n) is 2.29. The molecule has 1 aromatic heterocycles. The summed E-state index contributed by atoms with van der Waals surface area (Å²) in [6.45, 7) is 1.57. The predicted octanol–water partition coefficient (Wildman–Crippen LogP) is 0.740. The fourth-order valence-electron chi connectivity index (χ4n) is 1.41. The second-order valence-corrected chi connectivity index (χ2v) is 3.67. The standard InChI is InChI=1S/C12H19N3O/c1-13-7-3-5-12(16)15-9-6-11-4-2-8-14-10-11/h2,4,8,10,13H,3,5-7,9H2,1H3,(H,15,16). The topological polar surface area (TPSA) is 54.0 Å². The Bertz CT molecular complexity index is 300. The summed E-state index contributed by atoms with van der Waals surface area (Å²) in [6, 6.07) is 3.92. The van der Waals surface area contributed by atoms with Crippen molar-refractivity contribution in [2.24, 2.45) is 0 Å². The maximum atomic E-state index is 11.4. The number of hydrogen-bond donors (Lipinski definition) is 2. The lowest BCUT2D eigenvalue weighted by molar-refractivity contribution is -0.121. The predicted molar refractivity (Wildman–Crippen MR) is 64.1 cm³/mol. The van der Waals surface area contributed by atoms with Crippen molar-refractivity contribution in [2.45, 2.75) is 19.3 Å². The molecule has 4 nitrogen and oxygen atoms in total. The first-order valence-corrected chi connectivity index (χ1v) is 5.63. The van der Waals surface area contributed by atoms with Crippen LogP contribution < -0.4 is 10.6 Å². The van der Waals surface area contributed by atoms with Crippen LogP contribution in [-0.4, -0.2) is 31.0 Å². The molecule has 0 radical (unpaired) electrons. The minimum atomic E-state index is 0.124. The molecule has 4 heteroatoms. The molecule has 0 atom stereocenters. The molecule has 0 saturated heterocycles. The second-order valence-electron chi connectivity index (χ2n) is 3.67. The van der Waals surface area contributed by atoms with Gasteiger partial charge in [0.05, 0.1) is 0 Å². The van der Waals surface area contributed by atoms with Gasteiger partial charge in [0.25, 0.3) is 0 Å². The van der Waals surface area contributed by atoms with E-state index in [9.17, 15) is 4.79 Å². The van der Waals surface area contributed by atoms with E-state index in [1.807, 2.05) is 25.4 Å². The molecule has 0 bridgehead atoms. The smallest absolute Gasteiger partial charge is 0.220 e. The number of amides is 1. The molecule has 16 heavy (non-hydrogen) atoms. The van der Waals surface area contributed by atoms with E-state index in [1.165, 1.54) is 0 Å². The SMILES string of the molecule is CNCCCC(=O)NCCc1cccnc1. The quantitative estimate of drug-likeness (QED) is 0.668. The highest BCUT2D eigenvalue weighted by atomic mass is 16.1. The van der Waals surface area contributed by atoms with Crippen LogP contribution in [-0.2, 0) is 11.2 Å². The van der Waals surface area contributed by atoms with E-state index in [0.717, 1.165) is 24.9 Å². The van der Waals surface area contributed by atoms with Crippen LogP contribution in [0, 0.1) is 0 Å². The first kappa shape index (κ1) is 12.6. The van der Waals surface area contributed by atoms with Crippen LogP contribution >= 0.6 is 0 Å². The molecule has 0 fully saturated rings. The van der Waals surface area contributed by atoms with Gasteiger partial charge in [-0.2, -0.15) is 0 Å². The van der Waals surface area contributed by atoms with E-state index >= 15 is 0 Å². The molecule has 0 unspecified atom stereocenters. The normalized spacial score (nSPS) is 10.1. The lowest BCUT2D eigenvalue weighted by atomic mass is 10.2. The Hall–Kier alpha value is -1.42. The van der Waals surface area contributed by atoms with Gasteiger partial charge in [-0.25, -0.2) is 0 Å². The van der Waals surface area contributed by atoms with E-state index in [0.29, 0.717) is 13.0 Å². The van der Waals surface area contributed by atoms with Gasteiger partial charge in [0.1, 0.15) is 0 Å². The van der Waals surface area contributed by atoms with Gasteiger partial charge in [-0.15, -0.1) is 0 Å². The molecule has 0 aliphatic rings. The summed E-state index contributed by atoms with van der Waals surface area (Å²) in [5, 5.41) is 5.91. The van der Waals surface area contributed by atoms with Crippen molar-refractivity contribution in [1.82, 2.24) is 15.6 Å². The summed E-state index contributed by atoms with van der Waals surface area (Å²) < 4.78 is 0. The Morgan fingerprint density at radius 3 is 3.00 bits per heavy atom. The monoisotopic (exact) mass is 221 g/mol. The van der Waals surface area contributed by atoms with Crippen LogP contribution in [0.5, 0.6) is 0 Å². The number of aromatic nitrogens is 1. The van der Waals surface area contributed by atoms with Gasteiger partial charge in [0, 0.05) is 25.4 Å². The van der Waals surface area contributed by atoms with Crippen LogP contribution in [0.4, 0.5) is 0 Å². The van der Waals surface area contributed by atoms with Crippen LogP contribution in [0.2, 0.25) is 0 Å². The molecule has 0 aliphatic carbocycles. The number of rotatable bonds is 7. The third-order valence-corrected chi connectivity index (χ3v) is 2.29. The Labute approximate surface area is 96.5 Å². The van der Waals surface area contributed by atoms with Crippen molar-refractivity contribution in [1.29, 1.82) is 0 Å². The average molecular weight is 221 g/mol. The summed E-state index contributed by atoms with van der Waals surface area (Å²) >= 11 is 0. The van der Waals surface area contributed by atoms with E-state index < -0.39 is 0 Å². The summed E-state index contributed by atoms with van der Waals surface area (Å²) in [4.78, 5) is 15.4. The lowest BCUT2D eigenvalue weighted by Crippen LogP contribution is -2.26. The molecule has 1 heterocycles. The van der Waals surface area contributed by atoms with E-state index in [4.69, 9.17) is 0 Å². The van der Waals surface area contributed by atoms with Gasteiger partial charge in [-0.3, -0.25) is 9.78 Å². The van der Waals surface area contributed by atoms with Crippen LogP contribution in [0.25, 0.3) is 0 Å². The van der Waals surface area contributed by atoms with Crippen molar-refractivity contribution in [3.63, 3.8) is 0 Å². The molecule has 1 aromatic rings. The summed E-state index contributed by atoms with van der Waals surface area (Å²) in [7, 11) is 1.89. The van der Waals surface area contributed by atoms with Crippen LogP contribution in [0.15, 0.2) is 24.5 Å². The zero-order valence-electron chi connectivity index (χ0n) is 9.70. The molecule has 2 N–H and O–H groups in total. The zero-order chi connectivity index (χ0) is 11.6. The molecular formula is C12H19N3O. The van der Waals surface area contributed by atoms with Crippen LogP contribution in [0.1, 0.15) is 18.4 Å². The number of nitrogens with one attached hydrogen (secondary N) is 2. The van der Waals surface area contributed by atoms with E-state index in [-0.39, 0.29) is 5.91 Å². The first-order valence-electron chi connectivity index (χ1n) is 5.63. The number of carbonyl (C=O) groups excluding carboxylic acids is 1. The number of pyridine rings is 1. The summed E-state index contributed by atoms with van der Waals surface area (Å²) in [6.07, 6.45) is 5.89. The van der Waals surface area contributed by atoms with Crippen molar-refractivity contribution < 1.29 is 4.79 Å². The molecular weight excluding hydrogens is 202 g/mol. The molecule has 1 rings (SSSR count). The number of hydrogen-bond acceptors (Lipinski definition) is 3. The fourth-order valence-corrected chi connectivity index (χ4v) is 1.41. The third kappa shape index (κ3) is 5.46. The van der Waals surface area contributed by atoms with Gasteiger partial charge in [-0.1, -0.05) is 6.07 Å². The molecule has 0 saturated carbocycles. The highest BCUT2D eigenvalue weighted by molar-refractivity contribution is 5.75. The van der Waals surface area contributed by atoms with Crippen molar-refractivity contribution >= 4 is 5.91 Å². The van der Waals surface area contributed by atoms with Crippen molar-refractivity contribution in [3.8, 4) is 0 Å². The fraction of sp³-hybridized carbons (Fsp3) is 0.500. The maximum absolute atomic E-state index is 11.4. The molecule has 0 spiro atoms. The average Bonchev–Trinajstić information content (AvgIpc) is 2.31. The van der Waals surface area contributed by atoms with Crippen LogP contribution in [0.3, 0.4) is 0 Å². The minimum Gasteiger partial charge on any atom is -0.356 e. The number of carbonyl (C=O) groups is 1. The molecule has 88 valence electrons. The van der Waals surface area contributed by atoms with E-state index in [1.54, 1.807) is 6.20 Å². The van der Waals surface area contributed by atoms with Gasteiger partial charge >= 0.3 is 0 Å². The highest BCUT2D eigenvalue weighted by Gasteiger charge is 1.99. The first-order chi connectivity index (χ1) is 7.83. The maximum Gasteiger partial charge on any atom is 0.220 e. The minimum absolute atomic E-state index is 0.124. The Morgan fingerprint density at radius 2 is 2.31 bits per heavy atom. The second kappa shape index (κ2) is 7.82. The number of nitrogens with zero attached hydrogens (tertiary/aromatic N) is 1. The van der Waals surface area contributed by atoms with E-state index in [2.05, 4.69) is 15.6 Å². The Kier molecular flexibility index (Phi) is 6.18. The lowest BCUT2D eigenvalue weighted by Gasteiger charge is -2.04. The summed E-state index contributed by atoms with van der Waals surface area (Å²) in [5.74, 6) is 0.124. The largest absolute Gasteiger partial charge is 0.356 e. The molecule has 0 aliphatic heterocycles. The molecule has 1 amide bonds. The highest BCUT2D eigenvalue weighted by Crippen LogP contribution is 1.95. The van der Waals surface area contributed by atoms with Gasteiger partial charge < -0.3 is 10.6 Å². The molecule has 0 aromatic carbocycles. The van der Waals surface area contributed by atoms with Gasteiger partial charge in [-0.05, 0) is 38.1 Å². The van der Waals surface area contributed by atoms with Crippen molar-refractivity contribution in [3.05, 3.63) is 30.1 Å². The van der Waals surface area contributed by atoms with Gasteiger partial charge in [0.15, 0.2) is 0 Å². The van der Waals surface area contributed by atoms with Gasteiger partial charge in [0.2, 0.25) is 5.91 Å². The van der Waals surface area contributed by atoms with Crippen molar-refractivity contribution in [2.75, 3.05) is 20.1 Å². The summed E-state index contributed by atoms with van der Waals surface area (Å²) in [5.41, 5.74) is 1.15. The Balaban J connectivity index is 2.09.